The van der Waals surface area contributed by atoms with E-state index in [9.17, 15) is 13.2 Å². The summed E-state index contributed by atoms with van der Waals surface area (Å²) in [6.07, 6.45) is -3.98. The maximum absolute atomic E-state index is 12.6. The zero-order valence-electron chi connectivity index (χ0n) is 16.3. The minimum Gasteiger partial charge on any atom is -0.405 e. The fraction of sp³-hybridized carbons (Fsp3) is 0.474. The Labute approximate surface area is 189 Å². The smallest absolute Gasteiger partial charge is 0.405 e. The number of alkyl halides is 3. The molecule has 1 aromatic carbocycles. The van der Waals surface area contributed by atoms with Gasteiger partial charge in [0, 0.05) is 23.4 Å². The fourth-order valence-electron chi connectivity index (χ4n) is 2.95. The highest BCUT2D eigenvalue weighted by Gasteiger charge is 2.42. The molecule has 0 saturated heterocycles. The lowest BCUT2D eigenvalue weighted by atomic mass is 10.1. The average Bonchev–Trinajstić information content (AvgIpc) is 3.29. The van der Waals surface area contributed by atoms with Crippen molar-refractivity contribution < 1.29 is 17.9 Å². The number of nitrogens with one attached hydrogen (secondary N) is 2. The van der Waals surface area contributed by atoms with Crippen LogP contribution in [0.3, 0.4) is 0 Å². The third-order valence-corrected chi connectivity index (χ3v) is 5.50. The summed E-state index contributed by atoms with van der Waals surface area (Å²) in [5, 5.41) is 7.41. The van der Waals surface area contributed by atoms with Gasteiger partial charge in [-0.1, -0.05) is 18.2 Å². The van der Waals surface area contributed by atoms with E-state index < -0.39 is 6.36 Å². The number of guanidine groups is 1. The summed E-state index contributed by atoms with van der Waals surface area (Å²) in [6, 6.07) is 6.30. The normalized spacial score (nSPS) is 18.8. The quantitative estimate of drug-likeness (QED) is 0.312. The Morgan fingerprint density at radius 1 is 1.31 bits per heavy atom. The van der Waals surface area contributed by atoms with Crippen molar-refractivity contribution in [3.05, 3.63) is 45.4 Å². The summed E-state index contributed by atoms with van der Waals surface area (Å²) < 4.78 is 42.1. The molecule has 1 fully saturated rings. The molecule has 5 nitrogen and oxygen atoms in total. The molecule has 0 radical (unpaired) electrons. The molecule has 0 amide bonds. The van der Waals surface area contributed by atoms with Crippen LogP contribution < -0.4 is 15.4 Å². The molecule has 1 heterocycles. The predicted octanol–water partition coefficient (Wildman–Crippen LogP) is 4.89. The maximum Gasteiger partial charge on any atom is 0.573 e. The minimum atomic E-state index is -4.70. The number of aromatic nitrogens is 1. The number of hydrogen-bond donors (Lipinski definition) is 2. The van der Waals surface area contributed by atoms with E-state index in [0.29, 0.717) is 24.6 Å². The Balaban J connectivity index is 0.00000300. The average molecular weight is 540 g/mol. The largest absolute Gasteiger partial charge is 0.573 e. The number of nitrogens with zero attached hydrogens (tertiary/aromatic N) is 2. The number of aryl methyl sites for hydroxylation is 2. The minimum absolute atomic E-state index is 0. The lowest BCUT2D eigenvalue weighted by Gasteiger charge is -2.14. The summed E-state index contributed by atoms with van der Waals surface area (Å²) >= 11 is 1.62. The first-order valence-electron chi connectivity index (χ1n) is 9.09. The van der Waals surface area contributed by atoms with Crippen molar-refractivity contribution in [1.82, 2.24) is 15.6 Å². The van der Waals surface area contributed by atoms with Gasteiger partial charge in [0.1, 0.15) is 10.8 Å². The third kappa shape index (κ3) is 6.73. The summed E-state index contributed by atoms with van der Waals surface area (Å²) in [4.78, 5) is 10.2. The van der Waals surface area contributed by atoms with Gasteiger partial charge in [-0.25, -0.2) is 9.98 Å². The van der Waals surface area contributed by atoms with E-state index in [0.717, 1.165) is 17.1 Å². The Kier molecular flexibility index (Phi) is 8.15. The number of halogens is 4. The van der Waals surface area contributed by atoms with Gasteiger partial charge in [0.15, 0.2) is 5.96 Å². The number of rotatable bonds is 6. The molecule has 2 N–H and O–H groups in total. The van der Waals surface area contributed by atoms with Gasteiger partial charge in [0.2, 0.25) is 0 Å². The van der Waals surface area contributed by atoms with Crippen molar-refractivity contribution >= 4 is 41.3 Å². The zero-order valence-corrected chi connectivity index (χ0v) is 19.5. The first-order valence-corrected chi connectivity index (χ1v) is 9.91. The van der Waals surface area contributed by atoms with E-state index in [2.05, 4.69) is 25.3 Å². The van der Waals surface area contributed by atoms with Crippen LogP contribution in [0.2, 0.25) is 0 Å². The molecule has 1 aliphatic rings. The number of thiazole rings is 1. The van der Waals surface area contributed by atoms with Crippen LogP contribution in [0.4, 0.5) is 13.2 Å². The van der Waals surface area contributed by atoms with Crippen molar-refractivity contribution in [3.63, 3.8) is 0 Å². The molecule has 0 spiro atoms. The molecule has 0 bridgehead atoms. The molecule has 3 rings (SSSR count). The van der Waals surface area contributed by atoms with Gasteiger partial charge in [-0.05, 0) is 38.8 Å². The Morgan fingerprint density at radius 2 is 2.03 bits per heavy atom. The molecule has 2 aromatic rings. The third-order valence-electron chi connectivity index (χ3n) is 4.45. The number of benzene rings is 1. The first-order chi connectivity index (χ1) is 13.3. The standard InChI is InChI=1S/C19H23F3N4OS.HI/c1-4-23-18(24-10-17-25-11(2)12(3)28-17)26-15-9-14(15)13-7-5-6-8-16(13)27-19(20,21)22;/h5-8,14-15H,4,9-10H2,1-3H3,(H2,23,24,26);1H. The number of ether oxygens (including phenoxy) is 1. The SMILES string of the molecule is CCNC(=NCc1nc(C)c(C)s1)NC1CC1c1ccccc1OC(F)(F)F.I. The van der Waals surface area contributed by atoms with Crippen LogP contribution in [0.1, 0.15) is 40.4 Å². The van der Waals surface area contributed by atoms with Crippen LogP contribution >= 0.6 is 35.3 Å². The first kappa shape index (κ1) is 23.7. The molecule has 2 atom stereocenters. The van der Waals surface area contributed by atoms with E-state index in [1.165, 1.54) is 10.9 Å². The van der Waals surface area contributed by atoms with Crippen molar-refractivity contribution in [3.8, 4) is 5.75 Å². The molecule has 1 saturated carbocycles. The molecule has 10 heteroatoms. The summed E-state index contributed by atoms with van der Waals surface area (Å²) in [5.41, 5.74) is 1.57. The maximum atomic E-state index is 12.6. The summed E-state index contributed by atoms with van der Waals surface area (Å²) in [7, 11) is 0. The monoisotopic (exact) mass is 540 g/mol. The van der Waals surface area contributed by atoms with E-state index in [1.54, 1.807) is 29.5 Å². The van der Waals surface area contributed by atoms with Gasteiger partial charge in [-0.2, -0.15) is 0 Å². The Morgan fingerprint density at radius 3 is 2.66 bits per heavy atom. The lowest BCUT2D eigenvalue weighted by molar-refractivity contribution is -0.274. The molecular formula is C19H24F3IN4OS. The van der Waals surface area contributed by atoms with Gasteiger partial charge in [-0.3, -0.25) is 0 Å². The number of para-hydroxylation sites is 1. The summed E-state index contributed by atoms with van der Waals surface area (Å²) in [5.74, 6) is 0.446. The van der Waals surface area contributed by atoms with Crippen molar-refractivity contribution in [2.75, 3.05) is 6.54 Å². The van der Waals surface area contributed by atoms with Gasteiger partial charge < -0.3 is 15.4 Å². The predicted molar refractivity (Wildman–Crippen MR) is 119 cm³/mol. The van der Waals surface area contributed by atoms with Gasteiger partial charge in [0.05, 0.1) is 12.2 Å². The van der Waals surface area contributed by atoms with Crippen LogP contribution in [0.15, 0.2) is 29.3 Å². The second-order valence-corrected chi connectivity index (χ2v) is 7.91. The van der Waals surface area contributed by atoms with Gasteiger partial charge in [-0.15, -0.1) is 48.5 Å². The van der Waals surface area contributed by atoms with Crippen LogP contribution in [-0.2, 0) is 6.54 Å². The molecule has 160 valence electrons. The van der Waals surface area contributed by atoms with Crippen LogP contribution in [0.25, 0.3) is 0 Å². The topological polar surface area (TPSA) is 58.5 Å². The van der Waals surface area contributed by atoms with E-state index in [4.69, 9.17) is 0 Å². The zero-order chi connectivity index (χ0) is 20.3. The molecule has 2 unspecified atom stereocenters. The lowest BCUT2D eigenvalue weighted by Crippen LogP contribution is -2.39. The Hall–Kier alpha value is -1.56. The highest BCUT2D eigenvalue weighted by atomic mass is 127. The van der Waals surface area contributed by atoms with Crippen LogP contribution in [0.5, 0.6) is 5.75 Å². The fourth-order valence-corrected chi connectivity index (χ4v) is 3.81. The molecule has 29 heavy (non-hydrogen) atoms. The Bertz CT molecular complexity index is 837. The van der Waals surface area contributed by atoms with E-state index in [-0.39, 0.29) is 41.7 Å². The number of hydrogen-bond acceptors (Lipinski definition) is 4. The molecule has 0 aliphatic heterocycles. The highest BCUT2D eigenvalue weighted by Crippen LogP contribution is 2.45. The second-order valence-electron chi connectivity index (χ2n) is 6.62. The second kappa shape index (κ2) is 9.96. The summed E-state index contributed by atoms with van der Waals surface area (Å²) in [6.45, 7) is 7.11. The van der Waals surface area contributed by atoms with Crippen LogP contribution in [0, 0.1) is 13.8 Å². The van der Waals surface area contributed by atoms with Crippen molar-refractivity contribution in [2.45, 2.75) is 52.1 Å². The van der Waals surface area contributed by atoms with Crippen molar-refractivity contribution in [2.24, 2.45) is 4.99 Å². The van der Waals surface area contributed by atoms with Crippen LogP contribution in [-0.4, -0.2) is 29.9 Å². The van der Waals surface area contributed by atoms with E-state index >= 15 is 0 Å². The van der Waals surface area contributed by atoms with Gasteiger partial charge in [0.25, 0.3) is 0 Å². The van der Waals surface area contributed by atoms with Crippen molar-refractivity contribution in [1.29, 1.82) is 0 Å². The molecular weight excluding hydrogens is 516 g/mol. The molecule has 1 aromatic heterocycles. The highest BCUT2D eigenvalue weighted by molar-refractivity contribution is 14.0. The van der Waals surface area contributed by atoms with E-state index in [1.807, 2.05) is 20.8 Å². The molecule has 1 aliphatic carbocycles. The number of aliphatic imine (C=N–C) groups is 1. The van der Waals surface area contributed by atoms with Gasteiger partial charge >= 0.3 is 6.36 Å².